The maximum atomic E-state index is 5.54. The molecule has 2 heterocycles. The van der Waals surface area contributed by atoms with Gasteiger partial charge in [0.05, 0.1) is 25.0 Å². The van der Waals surface area contributed by atoms with Gasteiger partial charge in [-0.1, -0.05) is 12.1 Å². The highest BCUT2D eigenvalue weighted by atomic mass is 32.1. The number of rotatable bonds is 9. The molecule has 8 heteroatoms. The van der Waals surface area contributed by atoms with Gasteiger partial charge in [-0.05, 0) is 38.3 Å². The summed E-state index contributed by atoms with van der Waals surface area (Å²) in [5, 5.41) is 6.54. The van der Waals surface area contributed by atoms with Crippen LogP contribution < -0.4 is 15.0 Å². The minimum absolute atomic E-state index is 0.0273. The first-order valence-electron chi connectivity index (χ1n) is 10.9. The molecule has 1 N–H and O–H groups in total. The van der Waals surface area contributed by atoms with Crippen molar-refractivity contribution < 1.29 is 9.47 Å². The summed E-state index contributed by atoms with van der Waals surface area (Å²) in [5.41, 5.74) is 2.21. The number of aliphatic imine (C=N–C) groups is 1. The number of hydrogen-bond acceptors (Lipinski definition) is 6. The van der Waals surface area contributed by atoms with Crippen LogP contribution in [0.2, 0.25) is 0 Å². The van der Waals surface area contributed by atoms with E-state index in [9.17, 15) is 0 Å². The van der Waals surface area contributed by atoms with Gasteiger partial charge >= 0.3 is 0 Å². The molecule has 0 bridgehead atoms. The van der Waals surface area contributed by atoms with Gasteiger partial charge in [0.25, 0.3) is 0 Å². The van der Waals surface area contributed by atoms with E-state index in [1.165, 1.54) is 5.69 Å². The van der Waals surface area contributed by atoms with Crippen molar-refractivity contribution in [2.75, 3.05) is 52.3 Å². The molecule has 2 atom stereocenters. The molecule has 0 saturated carbocycles. The number of para-hydroxylation sites is 2. The zero-order valence-electron chi connectivity index (χ0n) is 19.3. The molecule has 0 aliphatic carbocycles. The molecular formula is C23H35N5O2S. The lowest BCUT2D eigenvalue weighted by atomic mass is 10.1. The summed E-state index contributed by atoms with van der Waals surface area (Å²) in [4.78, 5) is 14.2. The topological polar surface area (TPSA) is 62.2 Å². The third-order valence-corrected chi connectivity index (χ3v) is 6.63. The normalized spacial score (nSPS) is 17.6. The molecule has 0 amide bonds. The fourth-order valence-corrected chi connectivity index (χ4v) is 4.62. The van der Waals surface area contributed by atoms with E-state index in [0.29, 0.717) is 5.92 Å². The van der Waals surface area contributed by atoms with Crippen LogP contribution in [-0.4, -0.2) is 63.3 Å². The number of nitrogens with zero attached hydrogens (tertiary/aromatic N) is 4. The average Bonchev–Trinajstić information content (AvgIpc) is 3.45. The second-order valence-electron chi connectivity index (χ2n) is 7.88. The standard InChI is InChI=1S/C23H35N5O2S/c1-6-24-23(27(3)15-19-16-31-22(26-19)17(2)29-4)25-13-18-11-12-28(14-18)20-9-7-8-10-21(20)30-5/h7-10,16-18H,6,11-15H2,1-5H3,(H,24,25). The van der Waals surface area contributed by atoms with Gasteiger partial charge in [-0.2, -0.15) is 0 Å². The third-order valence-electron chi connectivity index (χ3n) is 5.58. The van der Waals surface area contributed by atoms with Crippen molar-refractivity contribution in [3.8, 4) is 5.75 Å². The lowest BCUT2D eigenvalue weighted by Crippen LogP contribution is -2.39. The quantitative estimate of drug-likeness (QED) is 0.468. The van der Waals surface area contributed by atoms with Crippen molar-refractivity contribution in [2.24, 2.45) is 10.9 Å². The van der Waals surface area contributed by atoms with Crippen LogP contribution in [0.1, 0.15) is 37.1 Å². The maximum absolute atomic E-state index is 5.54. The van der Waals surface area contributed by atoms with E-state index in [2.05, 4.69) is 46.6 Å². The molecule has 0 radical (unpaired) electrons. The van der Waals surface area contributed by atoms with Gasteiger partial charge in [0.1, 0.15) is 16.9 Å². The number of methoxy groups -OCH3 is 2. The highest BCUT2D eigenvalue weighted by molar-refractivity contribution is 7.09. The van der Waals surface area contributed by atoms with Gasteiger partial charge < -0.3 is 24.6 Å². The highest BCUT2D eigenvalue weighted by Gasteiger charge is 2.24. The zero-order chi connectivity index (χ0) is 22.2. The maximum Gasteiger partial charge on any atom is 0.194 e. The smallest absolute Gasteiger partial charge is 0.194 e. The van der Waals surface area contributed by atoms with Crippen LogP contribution in [0.4, 0.5) is 5.69 Å². The lowest BCUT2D eigenvalue weighted by Gasteiger charge is -2.22. The molecule has 1 fully saturated rings. The largest absolute Gasteiger partial charge is 0.495 e. The van der Waals surface area contributed by atoms with Gasteiger partial charge in [-0.25, -0.2) is 4.98 Å². The van der Waals surface area contributed by atoms with Crippen molar-refractivity contribution in [3.05, 3.63) is 40.3 Å². The van der Waals surface area contributed by atoms with Crippen LogP contribution >= 0.6 is 11.3 Å². The molecule has 2 unspecified atom stereocenters. The second kappa shape index (κ2) is 11.3. The van der Waals surface area contributed by atoms with Crippen LogP contribution in [0.25, 0.3) is 0 Å². The minimum atomic E-state index is 0.0273. The van der Waals surface area contributed by atoms with E-state index in [1.54, 1.807) is 25.6 Å². The number of hydrogen-bond donors (Lipinski definition) is 1. The Bertz CT molecular complexity index is 856. The van der Waals surface area contributed by atoms with E-state index < -0.39 is 0 Å². The first kappa shape index (κ1) is 23.3. The molecule has 1 aliphatic rings. The average molecular weight is 446 g/mol. The second-order valence-corrected chi connectivity index (χ2v) is 8.77. The number of guanidine groups is 1. The molecule has 0 spiro atoms. The van der Waals surface area contributed by atoms with Crippen molar-refractivity contribution >= 4 is 23.0 Å². The van der Waals surface area contributed by atoms with E-state index in [0.717, 1.165) is 61.6 Å². The molecule has 1 saturated heterocycles. The van der Waals surface area contributed by atoms with E-state index >= 15 is 0 Å². The highest BCUT2D eigenvalue weighted by Crippen LogP contribution is 2.32. The van der Waals surface area contributed by atoms with Crippen molar-refractivity contribution in [3.63, 3.8) is 0 Å². The Balaban J connectivity index is 1.59. The Morgan fingerprint density at radius 3 is 2.94 bits per heavy atom. The number of benzene rings is 1. The van der Waals surface area contributed by atoms with Gasteiger partial charge in [-0.15, -0.1) is 11.3 Å². The molecule has 1 aromatic carbocycles. The van der Waals surface area contributed by atoms with E-state index in [-0.39, 0.29) is 6.10 Å². The summed E-state index contributed by atoms with van der Waals surface area (Å²) in [7, 11) is 5.51. The first-order chi connectivity index (χ1) is 15.0. The summed E-state index contributed by atoms with van der Waals surface area (Å²) in [6.45, 7) is 8.52. The van der Waals surface area contributed by atoms with Gasteiger partial charge in [0.15, 0.2) is 5.96 Å². The van der Waals surface area contributed by atoms with E-state index in [4.69, 9.17) is 19.5 Å². The Labute approximate surface area is 190 Å². The number of aromatic nitrogens is 1. The predicted molar refractivity (Wildman–Crippen MR) is 128 cm³/mol. The van der Waals surface area contributed by atoms with Crippen LogP contribution in [0.3, 0.4) is 0 Å². The lowest BCUT2D eigenvalue weighted by molar-refractivity contribution is 0.119. The van der Waals surface area contributed by atoms with Crippen LogP contribution in [-0.2, 0) is 11.3 Å². The fourth-order valence-electron chi connectivity index (χ4n) is 3.78. The molecular weight excluding hydrogens is 410 g/mol. The number of thiazole rings is 1. The number of nitrogens with one attached hydrogen (secondary N) is 1. The summed E-state index contributed by atoms with van der Waals surface area (Å²) in [5.74, 6) is 2.39. The zero-order valence-corrected chi connectivity index (χ0v) is 20.1. The van der Waals surface area contributed by atoms with Crippen molar-refractivity contribution in [2.45, 2.75) is 32.9 Å². The summed E-state index contributed by atoms with van der Waals surface area (Å²) < 4.78 is 10.9. The first-order valence-corrected chi connectivity index (χ1v) is 11.8. The Hall–Kier alpha value is -2.32. The summed E-state index contributed by atoms with van der Waals surface area (Å²) in [6.07, 6.45) is 1.16. The number of ether oxygens (including phenoxy) is 2. The number of anilines is 1. The summed E-state index contributed by atoms with van der Waals surface area (Å²) in [6, 6.07) is 8.24. The van der Waals surface area contributed by atoms with Gasteiger partial charge in [0.2, 0.25) is 0 Å². The van der Waals surface area contributed by atoms with E-state index in [1.807, 2.05) is 19.1 Å². The molecule has 1 aromatic heterocycles. The van der Waals surface area contributed by atoms with Crippen molar-refractivity contribution in [1.82, 2.24) is 15.2 Å². The van der Waals surface area contributed by atoms with Gasteiger partial charge in [-0.3, -0.25) is 4.99 Å². The molecule has 31 heavy (non-hydrogen) atoms. The Morgan fingerprint density at radius 2 is 2.19 bits per heavy atom. The Kier molecular flexibility index (Phi) is 8.54. The predicted octanol–water partition coefficient (Wildman–Crippen LogP) is 3.78. The van der Waals surface area contributed by atoms with Crippen molar-refractivity contribution in [1.29, 1.82) is 0 Å². The summed E-state index contributed by atoms with van der Waals surface area (Å²) >= 11 is 1.65. The monoisotopic (exact) mass is 445 g/mol. The van der Waals surface area contributed by atoms with Crippen LogP contribution in [0.15, 0.2) is 34.6 Å². The molecule has 2 aromatic rings. The Morgan fingerprint density at radius 1 is 1.39 bits per heavy atom. The SMILES string of the molecule is CCNC(=NCC1CCN(c2ccccc2OC)C1)N(C)Cc1csc(C(C)OC)n1. The van der Waals surface area contributed by atoms with Gasteiger partial charge in [0, 0.05) is 45.7 Å². The fraction of sp³-hybridized carbons (Fsp3) is 0.565. The van der Waals surface area contributed by atoms with Crippen LogP contribution in [0.5, 0.6) is 5.75 Å². The molecule has 3 rings (SSSR count). The molecule has 7 nitrogen and oxygen atoms in total. The third kappa shape index (κ3) is 6.11. The minimum Gasteiger partial charge on any atom is -0.495 e. The molecule has 170 valence electrons. The molecule has 1 aliphatic heterocycles. The van der Waals surface area contributed by atoms with Crippen LogP contribution in [0, 0.1) is 5.92 Å².